The van der Waals surface area contributed by atoms with Gasteiger partial charge in [-0.1, -0.05) is 6.07 Å². The van der Waals surface area contributed by atoms with E-state index < -0.39 is 17.7 Å². The Morgan fingerprint density at radius 2 is 1.71 bits per heavy atom. The van der Waals surface area contributed by atoms with Crippen LogP contribution < -0.4 is 14.2 Å². The van der Waals surface area contributed by atoms with Crippen LogP contribution in [-0.2, 0) is 14.3 Å². The highest BCUT2D eigenvalue weighted by Crippen LogP contribution is 2.42. The smallest absolute Gasteiger partial charge is 0.295 e. The first kappa shape index (κ1) is 26.6. The Hall–Kier alpha value is -3.04. The number of halogens is 1. The number of aliphatic hydroxyl groups excluding tert-OH is 1. The SMILES string of the molecule is COCCCN1C(=O)C(=O)/C(=C(\O)c2ccc(OC)c(Br)c2)C1c1ccc(OC(C)C)c(OC)c1. The number of hydrogen-bond donors (Lipinski definition) is 1. The second-order valence-corrected chi connectivity index (χ2v) is 9.12. The number of hydrogen-bond acceptors (Lipinski definition) is 7. The van der Waals surface area contributed by atoms with Crippen LogP contribution in [0.15, 0.2) is 46.4 Å². The third kappa shape index (κ3) is 5.62. The minimum absolute atomic E-state index is 0.00376. The van der Waals surface area contributed by atoms with Crippen molar-refractivity contribution in [3.8, 4) is 17.2 Å². The van der Waals surface area contributed by atoms with Crippen LogP contribution in [0.3, 0.4) is 0 Å². The number of likely N-dealkylation sites (tertiary alicyclic amines) is 1. The van der Waals surface area contributed by atoms with Crippen molar-refractivity contribution in [2.45, 2.75) is 32.4 Å². The van der Waals surface area contributed by atoms with Crippen LogP contribution in [0.2, 0.25) is 0 Å². The molecule has 0 spiro atoms. The van der Waals surface area contributed by atoms with Crippen LogP contribution in [0.5, 0.6) is 17.2 Å². The molecule has 35 heavy (non-hydrogen) atoms. The maximum absolute atomic E-state index is 13.2. The summed E-state index contributed by atoms with van der Waals surface area (Å²) in [5, 5.41) is 11.3. The Labute approximate surface area is 213 Å². The lowest BCUT2D eigenvalue weighted by atomic mass is 9.95. The maximum atomic E-state index is 13.2. The molecule has 1 heterocycles. The zero-order valence-electron chi connectivity index (χ0n) is 20.5. The lowest BCUT2D eigenvalue weighted by molar-refractivity contribution is -0.140. The molecule has 2 aromatic carbocycles. The molecule has 0 radical (unpaired) electrons. The number of benzene rings is 2. The molecule has 3 rings (SSSR count). The number of rotatable bonds is 10. The highest BCUT2D eigenvalue weighted by atomic mass is 79.9. The van der Waals surface area contributed by atoms with Crippen molar-refractivity contribution >= 4 is 33.4 Å². The van der Waals surface area contributed by atoms with Gasteiger partial charge in [0.25, 0.3) is 11.7 Å². The van der Waals surface area contributed by atoms with Gasteiger partial charge in [-0.25, -0.2) is 0 Å². The van der Waals surface area contributed by atoms with Crippen molar-refractivity contribution in [3.63, 3.8) is 0 Å². The molecule has 0 aromatic heterocycles. The molecule has 1 atom stereocenters. The maximum Gasteiger partial charge on any atom is 0.295 e. The van der Waals surface area contributed by atoms with Gasteiger partial charge < -0.3 is 29.0 Å². The van der Waals surface area contributed by atoms with E-state index in [1.54, 1.807) is 43.5 Å². The summed E-state index contributed by atoms with van der Waals surface area (Å²) in [7, 11) is 4.63. The summed E-state index contributed by atoms with van der Waals surface area (Å²) in [5.41, 5.74) is 0.997. The summed E-state index contributed by atoms with van der Waals surface area (Å²) in [6, 6.07) is 9.39. The number of ether oxygens (including phenoxy) is 4. The van der Waals surface area contributed by atoms with Gasteiger partial charge in [-0.2, -0.15) is 0 Å². The normalized spacial score (nSPS) is 17.2. The first-order valence-electron chi connectivity index (χ1n) is 11.2. The Morgan fingerprint density at radius 3 is 2.31 bits per heavy atom. The van der Waals surface area contributed by atoms with E-state index in [0.717, 1.165) is 0 Å². The Kier molecular flexibility index (Phi) is 8.80. The van der Waals surface area contributed by atoms with Crippen molar-refractivity contribution < 1.29 is 33.6 Å². The van der Waals surface area contributed by atoms with Gasteiger partial charge in [-0.3, -0.25) is 9.59 Å². The summed E-state index contributed by atoms with van der Waals surface area (Å²) in [6.45, 7) is 4.51. The summed E-state index contributed by atoms with van der Waals surface area (Å²) >= 11 is 3.41. The van der Waals surface area contributed by atoms with Gasteiger partial charge in [0.1, 0.15) is 11.5 Å². The van der Waals surface area contributed by atoms with Crippen LogP contribution >= 0.6 is 15.9 Å². The van der Waals surface area contributed by atoms with Gasteiger partial charge in [0.15, 0.2) is 11.5 Å². The van der Waals surface area contributed by atoms with Crippen LogP contribution in [0.1, 0.15) is 37.4 Å². The van der Waals surface area contributed by atoms with Crippen molar-refractivity contribution in [1.82, 2.24) is 4.90 Å². The number of aliphatic hydroxyl groups is 1. The van der Waals surface area contributed by atoms with E-state index in [9.17, 15) is 14.7 Å². The van der Waals surface area contributed by atoms with Crippen molar-refractivity contribution in [2.75, 3.05) is 34.5 Å². The van der Waals surface area contributed by atoms with Crippen LogP contribution in [-0.4, -0.2) is 62.3 Å². The van der Waals surface area contributed by atoms with Crippen molar-refractivity contribution in [2.24, 2.45) is 0 Å². The fraction of sp³-hybridized carbons (Fsp3) is 0.385. The van der Waals surface area contributed by atoms with Crippen molar-refractivity contribution in [3.05, 3.63) is 57.6 Å². The summed E-state index contributed by atoms with van der Waals surface area (Å²) in [5.74, 6) is -0.122. The van der Waals surface area contributed by atoms with Gasteiger partial charge in [-0.15, -0.1) is 0 Å². The van der Waals surface area contributed by atoms with Gasteiger partial charge >= 0.3 is 0 Å². The number of methoxy groups -OCH3 is 3. The number of nitrogens with zero attached hydrogens (tertiary/aromatic N) is 1. The zero-order chi connectivity index (χ0) is 25.7. The molecule has 1 fully saturated rings. The lowest BCUT2D eigenvalue weighted by Crippen LogP contribution is -2.31. The van der Waals surface area contributed by atoms with E-state index in [0.29, 0.717) is 45.9 Å². The Balaban J connectivity index is 2.16. The van der Waals surface area contributed by atoms with Crippen LogP contribution in [0.25, 0.3) is 5.76 Å². The van der Waals surface area contributed by atoms with E-state index in [1.165, 1.54) is 19.1 Å². The lowest BCUT2D eigenvalue weighted by Gasteiger charge is -2.26. The second kappa shape index (κ2) is 11.6. The first-order chi connectivity index (χ1) is 16.7. The van der Waals surface area contributed by atoms with Gasteiger partial charge in [0.05, 0.1) is 36.4 Å². The highest BCUT2D eigenvalue weighted by Gasteiger charge is 2.46. The molecule has 9 heteroatoms. The fourth-order valence-electron chi connectivity index (χ4n) is 4.01. The predicted molar refractivity (Wildman–Crippen MR) is 135 cm³/mol. The molecular formula is C26H30BrNO7. The monoisotopic (exact) mass is 547 g/mol. The molecule has 8 nitrogen and oxygen atoms in total. The van der Waals surface area contributed by atoms with Gasteiger partial charge in [0.2, 0.25) is 0 Å². The molecule has 0 saturated carbocycles. The number of Topliss-reactive ketones (excluding diaryl/α,β-unsaturated/α-hetero) is 1. The molecule has 2 aromatic rings. The summed E-state index contributed by atoms with van der Waals surface area (Å²) in [4.78, 5) is 27.7. The second-order valence-electron chi connectivity index (χ2n) is 8.27. The molecule has 1 N–H and O–H groups in total. The van der Waals surface area contributed by atoms with E-state index in [2.05, 4.69) is 15.9 Å². The van der Waals surface area contributed by atoms with E-state index in [1.807, 2.05) is 13.8 Å². The Bertz CT molecular complexity index is 1130. The molecule has 188 valence electrons. The van der Waals surface area contributed by atoms with Crippen molar-refractivity contribution in [1.29, 1.82) is 0 Å². The quantitative estimate of drug-likeness (QED) is 0.199. The number of carbonyl (C=O) groups excluding carboxylic acids is 2. The molecule has 1 unspecified atom stereocenters. The minimum atomic E-state index is -0.810. The Morgan fingerprint density at radius 1 is 1.03 bits per heavy atom. The third-order valence-corrected chi connectivity index (χ3v) is 6.20. The van der Waals surface area contributed by atoms with Crippen LogP contribution in [0, 0.1) is 0 Å². The molecule has 1 aliphatic rings. The van der Waals surface area contributed by atoms with Gasteiger partial charge in [0, 0.05) is 25.8 Å². The average molecular weight is 548 g/mol. The van der Waals surface area contributed by atoms with Gasteiger partial charge in [-0.05, 0) is 72.1 Å². The van der Waals surface area contributed by atoms with Crippen LogP contribution in [0.4, 0.5) is 0 Å². The van der Waals surface area contributed by atoms with E-state index in [4.69, 9.17) is 18.9 Å². The molecule has 0 aliphatic carbocycles. The molecule has 0 bridgehead atoms. The summed E-state index contributed by atoms with van der Waals surface area (Å²) < 4.78 is 22.3. The zero-order valence-corrected chi connectivity index (χ0v) is 22.0. The van der Waals surface area contributed by atoms with E-state index in [-0.39, 0.29) is 24.0 Å². The third-order valence-electron chi connectivity index (χ3n) is 5.58. The standard InChI is InChI=1S/C26H30BrNO7/c1-15(2)35-20-10-7-16(14-21(20)34-5)23-22(25(30)26(31)28(23)11-6-12-32-3)24(29)17-8-9-19(33-4)18(27)13-17/h7-10,13-15,23,29H,6,11-12H2,1-5H3/b24-22-. The fourth-order valence-corrected chi connectivity index (χ4v) is 4.55. The minimum Gasteiger partial charge on any atom is -0.507 e. The van der Waals surface area contributed by atoms with E-state index >= 15 is 0 Å². The topological polar surface area (TPSA) is 94.5 Å². The number of ketones is 1. The highest BCUT2D eigenvalue weighted by molar-refractivity contribution is 9.10. The molecule has 1 aliphatic heterocycles. The predicted octanol–water partition coefficient (Wildman–Crippen LogP) is 4.71. The molecule has 1 saturated heterocycles. The molecule has 1 amide bonds. The number of amides is 1. The summed E-state index contributed by atoms with van der Waals surface area (Å²) in [6.07, 6.45) is 0.461. The largest absolute Gasteiger partial charge is 0.507 e. The number of carbonyl (C=O) groups is 2. The average Bonchev–Trinajstić information content (AvgIpc) is 3.08. The molecular weight excluding hydrogens is 518 g/mol. The first-order valence-corrected chi connectivity index (χ1v) is 12.0.